The van der Waals surface area contributed by atoms with Crippen LogP contribution >= 0.6 is 0 Å². The van der Waals surface area contributed by atoms with E-state index in [0.29, 0.717) is 35.2 Å². The van der Waals surface area contributed by atoms with Crippen molar-refractivity contribution in [2.24, 2.45) is 5.92 Å². The Morgan fingerprint density at radius 1 is 1.16 bits per heavy atom. The minimum absolute atomic E-state index is 0.157. The van der Waals surface area contributed by atoms with E-state index in [1.165, 1.54) is 5.56 Å². The van der Waals surface area contributed by atoms with Crippen molar-refractivity contribution < 1.29 is 14.6 Å². The molecule has 3 aromatic rings. The number of benzene rings is 2. The molecule has 1 aliphatic rings. The molecule has 2 aromatic carbocycles. The maximum absolute atomic E-state index is 12.0. The average Bonchev–Trinajstić information content (AvgIpc) is 2.80. The van der Waals surface area contributed by atoms with Crippen molar-refractivity contribution in [2.45, 2.75) is 26.2 Å². The largest absolute Gasteiger partial charge is 0.507 e. The lowest BCUT2D eigenvalue weighted by atomic mass is 9.85. The Bertz CT molecular complexity index is 1100. The number of aromatic hydroxyl groups is 1. The van der Waals surface area contributed by atoms with Crippen LogP contribution in [0.2, 0.25) is 0 Å². The average molecular weight is 433 g/mol. The molecule has 0 saturated carbocycles. The van der Waals surface area contributed by atoms with Crippen LogP contribution in [0.4, 0.5) is 11.5 Å². The van der Waals surface area contributed by atoms with Gasteiger partial charge in [-0.25, -0.2) is 4.79 Å². The van der Waals surface area contributed by atoms with Crippen molar-refractivity contribution >= 4 is 17.5 Å². The highest BCUT2D eigenvalue weighted by Crippen LogP contribution is 2.36. The highest BCUT2D eigenvalue weighted by molar-refractivity contribution is 5.89. The summed E-state index contributed by atoms with van der Waals surface area (Å²) in [5.41, 5.74) is 9.98. The van der Waals surface area contributed by atoms with Crippen LogP contribution < -0.4 is 10.6 Å². The van der Waals surface area contributed by atoms with Crippen molar-refractivity contribution in [3.63, 3.8) is 0 Å². The first-order valence-corrected chi connectivity index (χ1v) is 10.9. The molecule has 0 bridgehead atoms. The molecule has 7 nitrogen and oxygen atoms in total. The molecule has 166 valence electrons. The smallest absolute Gasteiger partial charge is 0.338 e. The number of phenolic OH excluding ortho intramolecular Hbond substituents is 1. The first-order valence-electron chi connectivity index (χ1n) is 10.9. The van der Waals surface area contributed by atoms with E-state index in [1.807, 2.05) is 42.5 Å². The number of aromatic nitrogens is 2. The van der Waals surface area contributed by atoms with E-state index in [2.05, 4.69) is 22.0 Å². The molecule has 0 aliphatic carbocycles. The van der Waals surface area contributed by atoms with Crippen molar-refractivity contribution in [3.8, 4) is 17.0 Å². The Kier molecular flexibility index (Phi) is 6.25. The number of anilines is 2. The predicted octanol–water partition coefficient (Wildman–Crippen LogP) is 4.24. The molecule has 1 fully saturated rings. The first-order chi connectivity index (χ1) is 15.5. The molecule has 2 atom stereocenters. The van der Waals surface area contributed by atoms with Crippen LogP contribution in [-0.2, 0) is 4.74 Å². The molecule has 1 saturated heterocycles. The maximum Gasteiger partial charge on any atom is 0.338 e. The zero-order chi connectivity index (χ0) is 22.7. The lowest BCUT2D eigenvalue weighted by molar-refractivity contribution is 0.0526. The third-order valence-corrected chi connectivity index (χ3v) is 5.87. The summed E-state index contributed by atoms with van der Waals surface area (Å²) in [6, 6.07) is 16.6. The van der Waals surface area contributed by atoms with Gasteiger partial charge in [0.2, 0.25) is 0 Å². The number of nitrogen functional groups attached to an aromatic ring is 1. The second-order valence-corrected chi connectivity index (χ2v) is 8.30. The molecule has 2 unspecified atom stereocenters. The Hall–Kier alpha value is -3.61. The number of esters is 1. The van der Waals surface area contributed by atoms with Gasteiger partial charge in [-0.1, -0.05) is 31.2 Å². The molecule has 32 heavy (non-hydrogen) atoms. The minimum Gasteiger partial charge on any atom is -0.507 e. The van der Waals surface area contributed by atoms with Crippen LogP contribution in [-0.4, -0.2) is 41.0 Å². The third kappa shape index (κ3) is 4.51. The second kappa shape index (κ2) is 9.26. The van der Waals surface area contributed by atoms with Crippen LogP contribution in [0.15, 0.2) is 54.6 Å². The number of para-hydroxylation sites is 1. The van der Waals surface area contributed by atoms with Gasteiger partial charge in [-0.2, -0.15) is 0 Å². The van der Waals surface area contributed by atoms with Gasteiger partial charge < -0.3 is 20.5 Å². The number of phenols is 1. The highest BCUT2D eigenvalue weighted by Gasteiger charge is 2.28. The maximum atomic E-state index is 12.0. The highest BCUT2D eigenvalue weighted by atomic mass is 16.5. The molecule has 3 N–H and O–H groups in total. The van der Waals surface area contributed by atoms with Crippen LogP contribution in [0.25, 0.3) is 11.3 Å². The van der Waals surface area contributed by atoms with Gasteiger partial charge in [0, 0.05) is 24.6 Å². The number of hydrogen-bond acceptors (Lipinski definition) is 7. The van der Waals surface area contributed by atoms with Gasteiger partial charge in [0.15, 0.2) is 5.82 Å². The number of carbonyl (C=O) groups excluding carboxylic acids is 1. The molecule has 4 rings (SSSR count). The van der Waals surface area contributed by atoms with Crippen molar-refractivity contribution in [1.82, 2.24) is 10.2 Å². The van der Waals surface area contributed by atoms with Gasteiger partial charge in [0.1, 0.15) is 5.75 Å². The van der Waals surface area contributed by atoms with Gasteiger partial charge >= 0.3 is 5.97 Å². The number of carbonyl (C=O) groups is 1. The van der Waals surface area contributed by atoms with Crippen molar-refractivity contribution in [1.29, 1.82) is 0 Å². The van der Waals surface area contributed by atoms with E-state index < -0.39 is 0 Å². The zero-order valence-electron chi connectivity index (χ0n) is 18.4. The molecule has 7 heteroatoms. The fourth-order valence-corrected chi connectivity index (χ4v) is 4.36. The van der Waals surface area contributed by atoms with E-state index in [-0.39, 0.29) is 17.6 Å². The summed E-state index contributed by atoms with van der Waals surface area (Å²) in [5.74, 6) is 0.958. The predicted molar refractivity (Wildman–Crippen MR) is 125 cm³/mol. The number of piperidine rings is 1. The Balaban J connectivity index is 1.59. The van der Waals surface area contributed by atoms with Crippen LogP contribution in [0.1, 0.15) is 42.1 Å². The van der Waals surface area contributed by atoms with Crippen LogP contribution in [0, 0.1) is 5.92 Å². The van der Waals surface area contributed by atoms with Crippen molar-refractivity contribution in [2.75, 3.05) is 30.3 Å². The fraction of sp³-hybridized carbons (Fsp3) is 0.320. The number of nitrogens with two attached hydrogens (primary N) is 1. The third-order valence-electron chi connectivity index (χ3n) is 5.87. The van der Waals surface area contributed by atoms with E-state index >= 15 is 0 Å². The topological polar surface area (TPSA) is 102 Å². The first kappa shape index (κ1) is 21.6. The number of ether oxygens (including phenoxy) is 1. The summed E-state index contributed by atoms with van der Waals surface area (Å²) in [4.78, 5) is 14.2. The molecule has 0 radical (unpaired) electrons. The molecule has 0 spiro atoms. The second-order valence-electron chi connectivity index (χ2n) is 8.30. The fourth-order valence-electron chi connectivity index (χ4n) is 4.36. The molecular weight excluding hydrogens is 404 g/mol. The molecular formula is C25H28N4O3. The van der Waals surface area contributed by atoms with E-state index in [0.717, 1.165) is 25.2 Å². The Labute approximate surface area is 187 Å². The number of nitrogens with zero attached hydrogens (tertiary/aromatic N) is 3. The molecule has 0 amide bonds. The summed E-state index contributed by atoms with van der Waals surface area (Å²) in [5, 5.41) is 18.6. The summed E-state index contributed by atoms with van der Waals surface area (Å²) in [6.07, 6.45) is 1.04. The number of hydrogen-bond donors (Lipinski definition) is 2. The quantitative estimate of drug-likeness (QED) is 0.582. The zero-order valence-corrected chi connectivity index (χ0v) is 18.4. The summed E-state index contributed by atoms with van der Waals surface area (Å²) in [7, 11) is 0. The van der Waals surface area contributed by atoms with Gasteiger partial charge in [-0.3, -0.25) is 0 Å². The van der Waals surface area contributed by atoms with E-state index in [1.54, 1.807) is 19.1 Å². The molecule has 1 aliphatic heterocycles. The summed E-state index contributed by atoms with van der Waals surface area (Å²) >= 11 is 0. The van der Waals surface area contributed by atoms with Gasteiger partial charge in [-0.15, -0.1) is 10.2 Å². The van der Waals surface area contributed by atoms with E-state index in [4.69, 9.17) is 10.5 Å². The van der Waals surface area contributed by atoms with E-state index in [9.17, 15) is 9.90 Å². The Morgan fingerprint density at radius 2 is 1.91 bits per heavy atom. The normalized spacial score (nSPS) is 18.4. The molecule has 1 aromatic heterocycles. The molecule has 2 heterocycles. The van der Waals surface area contributed by atoms with Crippen LogP contribution in [0.3, 0.4) is 0 Å². The van der Waals surface area contributed by atoms with Crippen molar-refractivity contribution in [3.05, 3.63) is 65.7 Å². The standard InChI is InChI=1S/C25H28N4O3/c1-3-32-25(31)18-10-8-17(9-11-18)19-12-16(2)14-29(15-19)22-13-21(27-28-24(22)26)20-6-4-5-7-23(20)30/h4-11,13,16,19,30H,3,12,14-15H2,1-2H3,(H2,26,28). The van der Waals surface area contributed by atoms with Gasteiger partial charge in [0.25, 0.3) is 0 Å². The number of rotatable bonds is 5. The van der Waals surface area contributed by atoms with Gasteiger partial charge in [-0.05, 0) is 55.2 Å². The Morgan fingerprint density at radius 3 is 2.62 bits per heavy atom. The van der Waals surface area contributed by atoms with Crippen LogP contribution in [0.5, 0.6) is 5.75 Å². The SMILES string of the molecule is CCOC(=O)c1ccc(C2CC(C)CN(c3cc(-c4ccccc4O)nnc3N)C2)cc1. The summed E-state index contributed by atoms with van der Waals surface area (Å²) in [6.45, 7) is 6.02. The van der Waals surface area contributed by atoms with Gasteiger partial charge in [0.05, 0.1) is 23.6 Å². The lowest BCUT2D eigenvalue weighted by Gasteiger charge is -2.38. The summed E-state index contributed by atoms with van der Waals surface area (Å²) < 4.78 is 5.08. The lowest BCUT2D eigenvalue weighted by Crippen LogP contribution is -2.39. The minimum atomic E-state index is -0.301. The monoisotopic (exact) mass is 432 g/mol.